The molecule has 2 aliphatic rings. The molecule has 1 aromatic heterocycles. The van der Waals surface area contributed by atoms with Crippen molar-refractivity contribution in [1.29, 1.82) is 0 Å². The fraction of sp³-hybridized carbons (Fsp3) is 0.276. The highest BCUT2D eigenvalue weighted by Gasteiger charge is 2.31. The van der Waals surface area contributed by atoms with Crippen LogP contribution in [0, 0.1) is 6.92 Å². The van der Waals surface area contributed by atoms with Gasteiger partial charge in [-0.2, -0.15) is 10.1 Å². The van der Waals surface area contributed by atoms with Crippen LogP contribution in [0.2, 0.25) is 0 Å². The van der Waals surface area contributed by atoms with Crippen LogP contribution in [-0.4, -0.2) is 57.7 Å². The molecular weight excluding hydrogens is 484 g/mol. The molecule has 190 valence electrons. The van der Waals surface area contributed by atoms with E-state index in [1.165, 1.54) is 11.8 Å². The number of aromatic nitrogens is 2. The molecule has 0 saturated carbocycles. The molecule has 5 rings (SSSR count). The van der Waals surface area contributed by atoms with Gasteiger partial charge in [-0.05, 0) is 74.5 Å². The molecule has 2 aliphatic heterocycles. The monoisotopic (exact) mass is 514 g/mol. The Morgan fingerprint density at radius 2 is 1.92 bits per heavy atom. The predicted octanol–water partition coefficient (Wildman–Crippen LogP) is 5.49. The van der Waals surface area contributed by atoms with Gasteiger partial charge in [0.15, 0.2) is 5.17 Å². The standard InChI is InChI=1S/C29H30N4O3S/c1-5-13-35-25-12-11-22(14-19(25)2)27-23(18-33(31-27)24-9-7-6-8-10-24)15-26-28(34)30-29(37-26)32-16-20(3)36-21(4)17-32/h5-12,14-15,18,20-21H,1,13,16-17H2,2-4H3/b26-15+/t20-,21+. The van der Waals surface area contributed by atoms with E-state index in [1.54, 1.807) is 6.08 Å². The van der Waals surface area contributed by atoms with Gasteiger partial charge < -0.3 is 14.4 Å². The zero-order chi connectivity index (χ0) is 25.9. The molecule has 37 heavy (non-hydrogen) atoms. The zero-order valence-electron chi connectivity index (χ0n) is 21.3. The molecule has 8 heteroatoms. The summed E-state index contributed by atoms with van der Waals surface area (Å²) in [5.74, 6) is 0.578. The lowest BCUT2D eigenvalue weighted by molar-refractivity contribution is -0.113. The predicted molar refractivity (Wildman–Crippen MR) is 149 cm³/mol. The van der Waals surface area contributed by atoms with Gasteiger partial charge in [-0.3, -0.25) is 4.79 Å². The van der Waals surface area contributed by atoms with Gasteiger partial charge in [-0.15, -0.1) is 0 Å². The number of thioether (sulfide) groups is 1. The third-order valence-electron chi connectivity index (χ3n) is 6.15. The molecule has 2 atom stereocenters. The van der Waals surface area contributed by atoms with Gasteiger partial charge in [0.05, 0.1) is 22.8 Å². The summed E-state index contributed by atoms with van der Waals surface area (Å²) in [5.41, 5.74) is 4.51. The number of carbonyl (C=O) groups is 1. The number of hydrogen-bond acceptors (Lipinski definition) is 6. The fourth-order valence-electron chi connectivity index (χ4n) is 4.55. The molecule has 1 fully saturated rings. The maximum Gasteiger partial charge on any atom is 0.286 e. The Hall–Kier alpha value is -3.62. The summed E-state index contributed by atoms with van der Waals surface area (Å²) in [4.78, 5) is 20.0. The van der Waals surface area contributed by atoms with Crippen LogP contribution in [0.5, 0.6) is 5.75 Å². The summed E-state index contributed by atoms with van der Waals surface area (Å²) >= 11 is 1.41. The summed E-state index contributed by atoms with van der Waals surface area (Å²) < 4.78 is 13.4. The largest absolute Gasteiger partial charge is 0.489 e. The average molecular weight is 515 g/mol. The normalized spacial score (nSPS) is 20.8. The maximum atomic E-state index is 12.9. The van der Waals surface area contributed by atoms with Gasteiger partial charge in [-0.25, -0.2) is 4.68 Å². The Bertz CT molecular complexity index is 1370. The average Bonchev–Trinajstić information content (AvgIpc) is 3.47. The second-order valence-electron chi connectivity index (χ2n) is 9.27. The molecule has 0 unspecified atom stereocenters. The molecule has 1 amide bonds. The van der Waals surface area contributed by atoms with Crippen LogP contribution in [0.3, 0.4) is 0 Å². The SMILES string of the molecule is C=CCOc1ccc(-c2nn(-c3ccccc3)cc2/C=C2/SC(N3C[C@@H](C)O[C@@H](C)C3)=NC2=O)cc1C. The molecule has 7 nitrogen and oxygen atoms in total. The zero-order valence-corrected chi connectivity index (χ0v) is 22.1. The lowest BCUT2D eigenvalue weighted by atomic mass is 10.0. The topological polar surface area (TPSA) is 68.9 Å². The summed E-state index contributed by atoms with van der Waals surface area (Å²) in [6.45, 7) is 11.7. The first kappa shape index (κ1) is 25.0. The van der Waals surface area contributed by atoms with Crippen LogP contribution in [0.1, 0.15) is 25.0 Å². The van der Waals surface area contributed by atoms with E-state index < -0.39 is 0 Å². The van der Waals surface area contributed by atoms with Gasteiger partial charge >= 0.3 is 0 Å². The summed E-state index contributed by atoms with van der Waals surface area (Å²) in [6, 6.07) is 15.9. The van der Waals surface area contributed by atoms with Crippen LogP contribution >= 0.6 is 11.8 Å². The van der Waals surface area contributed by atoms with Crippen molar-refractivity contribution in [3.63, 3.8) is 0 Å². The van der Waals surface area contributed by atoms with E-state index in [-0.39, 0.29) is 18.1 Å². The summed E-state index contributed by atoms with van der Waals surface area (Å²) in [7, 11) is 0. The molecule has 0 bridgehead atoms. The maximum absolute atomic E-state index is 12.9. The second kappa shape index (κ2) is 10.8. The number of benzene rings is 2. The molecule has 3 aromatic rings. The molecule has 0 aliphatic carbocycles. The van der Waals surface area contributed by atoms with Crippen molar-refractivity contribution in [3.8, 4) is 22.7 Å². The minimum Gasteiger partial charge on any atom is -0.489 e. The van der Waals surface area contributed by atoms with E-state index >= 15 is 0 Å². The van der Waals surface area contributed by atoms with Crippen LogP contribution < -0.4 is 4.74 Å². The Kier molecular flexibility index (Phi) is 7.30. The minimum atomic E-state index is -0.227. The highest BCUT2D eigenvalue weighted by Crippen LogP contribution is 2.35. The van der Waals surface area contributed by atoms with Crippen LogP contribution in [0.15, 0.2) is 77.3 Å². The minimum absolute atomic E-state index is 0.0903. The quantitative estimate of drug-likeness (QED) is 0.320. The van der Waals surface area contributed by atoms with Gasteiger partial charge in [0.2, 0.25) is 0 Å². The summed E-state index contributed by atoms with van der Waals surface area (Å²) in [6.07, 6.45) is 5.76. The molecule has 1 saturated heterocycles. The van der Waals surface area contributed by atoms with Gasteiger partial charge in [0.1, 0.15) is 18.1 Å². The molecule has 0 radical (unpaired) electrons. The lowest BCUT2D eigenvalue weighted by Crippen LogP contribution is -2.47. The number of aryl methyl sites for hydroxylation is 1. The molecule has 2 aromatic carbocycles. The van der Waals surface area contributed by atoms with Crippen molar-refractivity contribution in [2.45, 2.75) is 33.0 Å². The van der Waals surface area contributed by atoms with Crippen molar-refractivity contribution in [2.75, 3.05) is 19.7 Å². The first-order valence-corrected chi connectivity index (χ1v) is 13.2. The number of morpholine rings is 1. The number of aliphatic imine (C=N–C) groups is 1. The van der Waals surface area contributed by atoms with Crippen LogP contribution in [-0.2, 0) is 9.53 Å². The van der Waals surface area contributed by atoms with E-state index in [0.29, 0.717) is 24.6 Å². The highest BCUT2D eigenvalue weighted by molar-refractivity contribution is 8.18. The lowest BCUT2D eigenvalue weighted by Gasteiger charge is -2.35. The van der Waals surface area contributed by atoms with E-state index in [2.05, 4.69) is 22.5 Å². The smallest absolute Gasteiger partial charge is 0.286 e. The third kappa shape index (κ3) is 5.55. The number of carbonyl (C=O) groups excluding carboxylic acids is 1. The molecule has 0 spiro atoms. The number of para-hydroxylation sites is 1. The number of amides is 1. The van der Waals surface area contributed by atoms with Crippen molar-refractivity contribution in [2.24, 2.45) is 4.99 Å². The Balaban J connectivity index is 1.49. The number of nitrogens with zero attached hydrogens (tertiary/aromatic N) is 4. The first-order valence-electron chi connectivity index (χ1n) is 12.3. The first-order chi connectivity index (χ1) is 17.9. The Morgan fingerprint density at radius 3 is 2.62 bits per heavy atom. The van der Waals surface area contributed by atoms with Crippen molar-refractivity contribution >= 4 is 28.9 Å². The van der Waals surface area contributed by atoms with Crippen LogP contribution in [0.4, 0.5) is 0 Å². The second-order valence-corrected chi connectivity index (χ2v) is 10.3. The van der Waals surface area contributed by atoms with Crippen molar-refractivity contribution in [3.05, 3.63) is 83.4 Å². The highest BCUT2D eigenvalue weighted by atomic mass is 32.2. The van der Waals surface area contributed by atoms with E-state index in [9.17, 15) is 4.79 Å². The van der Waals surface area contributed by atoms with Crippen molar-refractivity contribution in [1.82, 2.24) is 14.7 Å². The van der Waals surface area contributed by atoms with Crippen LogP contribution in [0.25, 0.3) is 23.0 Å². The number of hydrogen-bond donors (Lipinski definition) is 0. The van der Waals surface area contributed by atoms with Gasteiger partial charge in [-0.1, -0.05) is 30.9 Å². The summed E-state index contributed by atoms with van der Waals surface area (Å²) in [5, 5.41) is 5.64. The van der Waals surface area contributed by atoms with Crippen molar-refractivity contribution < 1.29 is 14.3 Å². The Morgan fingerprint density at radius 1 is 1.16 bits per heavy atom. The van der Waals surface area contributed by atoms with E-state index in [0.717, 1.165) is 39.0 Å². The number of amidine groups is 1. The molecule has 0 N–H and O–H groups in total. The van der Waals surface area contributed by atoms with Gasteiger partial charge in [0, 0.05) is 30.4 Å². The molecular formula is C29H30N4O3S. The Labute approximate surface area is 221 Å². The fourth-order valence-corrected chi connectivity index (χ4v) is 5.47. The number of rotatable bonds is 6. The number of ether oxygens (including phenoxy) is 2. The third-order valence-corrected chi connectivity index (χ3v) is 7.20. The molecule has 3 heterocycles. The van der Waals surface area contributed by atoms with E-state index in [4.69, 9.17) is 14.6 Å². The van der Waals surface area contributed by atoms with Gasteiger partial charge in [0.25, 0.3) is 5.91 Å². The van der Waals surface area contributed by atoms with E-state index in [1.807, 2.05) is 80.2 Å².